The smallest absolute Gasteiger partial charge is 0.220 e. The number of carbonyl (C=O) groups excluding carboxylic acids is 1. The largest absolute Gasteiger partial charge is 0.365 e. The first-order valence-electron chi connectivity index (χ1n) is 10.1. The zero-order chi connectivity index (χ0) is 21.4. The Balaban J connectivity index is 1.52. The second kappa shape index (κ2) is 7.99. The molecule has 4 heterocycles. The number of H-pyrrole nitrogens is 1. The summed E-state index contributed by atoms with van der Waals surface area (Å²) in [6.07, 6.45) is 4.32. The van der Waals surface area contributed by atoms with Crippen LogP contribution in [0.25, 0.3) is 22.1 Å². The second-order valence-corrected chi connectivity index (χ2v) is 8.02. The summed E-state index contributed by atoms with van der Waals surface area (Å²) in [6.45, 7) is 2.61. The van der Waals surface area contributed by atoms with Gasteiger partial charge in [0.15, 0.2) is 11.5 Å². The van der Waals surface area contributed by atoms with Crippen LogP contribution in [-0.4, -0.2) is 43.4 Å². The van der Waals surface area contributed by atoms with E-state index >= 15 is 0 Å². The highest BCUT2D eigenvalue weighted by molar-refractivity contribution is 6.35. The molecule has 1 amide bonds. The molecular formula is C21H21ClN8O. The Labute approximate surface area is 183 Å². The van der Waals surface area contributed by atoms with Gasteiger partial charge in [-0.1, -0.05) is 23.7 Å². The maximum absolute atomic E-state index is 11.5. The molecule has 0 aliphatic carbocycles. The standard InChI is InChI=1S/C21H21ClN8O/c1-11(28-21-18-20(25-9-24-18)26-10-27-21)14-7-12-3-2-4-15(22)17(12)30-19(14)29-13-5-6-16(31)23-8-13/h2-4,7,9-11,13H,5-6,8H2,1H3,(H,23,31)(H,29,30)(H2,24,25,26,27,28)/t11-,13?/m0/s1. The minimum absolute atomic E-state index is 0.0789. The first-order valence-corrected chi connectivity index (χ1v) is 10.5. The second-order valence-electron chi connectivity index (χ2n) is 7.61. The van der Waals surface area contributed by atoms with Crippen LogP contribution in [0.4, 0.5) is 11.6 Å². The molecule has 0 bridgehead atoms. The lowest BCUT2D eigenvalue weighted by molar-refractivity contribution is -0.122. The van der Waals surface area contributed by atoms with E-state index in [0.29, 0.717) is 29.5 Å². The van der Waals surface area contributed by atoms with Gasteiger partial charge in [0, 0.05) is 30.0 Å². The number of anilines is 2. The van der Waals surface area contributed by atoms with Gasteiger partial charge in [-0.3, -0.25) is 4.79 Å². The van der Waals surface area contributed by atoms with Crippen molar-refractivity contribution in [2.75, 3.05) is 17.2 Å². The number of halogens is 1. The van der Waals surface area contributed by atoms with E-state index in [0.717, 1.165) is 34.2 Å². The van der Waals surface area contributed by atoms with Crippen molar-refractivity contribution >= 4 is 51.2 Å². The topological polar surface area (TPSA) is 121 Å². The van der Waals surface area contributed by atoms with Gasteiger partial charge in [-0.15, -0.1) is 0 Å². The molecule has 0 saturated carbocycles. The fourth-order valence-electron chi connectivity index (χ4n) is 3.83. The summed E-state index contributed by atoms with van der Waals surface area (Å²) in [5.41, 5.74) is 3.05. The molecular weight excluding hydrogens is 416 g/mol. The van der Waals surface area contributed by atoms with E-state index in [1.54, 1.807) is 6.33 Å². The van der Waals surface area contributed by atoms with E-state index in [2.05, 4.69) is 42.0 Å². The number of nitrogens with one attached hydrogen (secondary N) is 4. The molecule has 5 rings (SSSR count). The lowest BCUT2D eigenvalue weighted by Gasteiger charge is -2.27. The monoisotopic (exact) mass is 436 g/mol. The number of aromatic nitrogens is 5. The highest BCUT2D eigenvalue weighted by Gasteiger charge is 2.22. The number of carbonyl (C=O) groups is 1. The predicted octanol–water partition coefficient (Wildman–Crippen LogP) is 3.42. The highest BCUT2D eigenvalue weighted by Crippen LogP contribution is 2.32. The molecule has 0 radical (unpaired) electrons. The molecule has 10 heteroatoms. The summed E-state index contributed by atoms with van der Waals surface area (Å²) in [5.74, 6) is 1.48. The van der Waals surface area contributed by atoms with Gasteiger partial charge in [0.1, 0.15) is 17.7 Å². The van der Waals surface area contributed by atoms with Gasteiger partial charge in [0.05, 0.1) is 22.9 Å². The number of pyridine rings is 1. The van der Waals surface area contributed by atoms with Gasteiger partial charge >= 0.3 is 0 Å². The van der Waals surface area contributed by atoms with Gasteiger partial charge in [0.25, 0.3) is 0 Å². The summed E-state index contributed by atoms with van der Waals surface area (Å²) < 4.78 is 0. The van der Waals surface area contributed by atoms with Crippen molar-refractivity contribution in [3.63, 3.8) is 0 Å². The van der Waals surface area contributed by atoms with Crippen molar-refractivity contribution < 1.29 is 4.79 Å². The molecule has 1 aromatic carbocycles. The van der Waals surface area contributed by atoms with Crippen LogP contribution in [0.5, 0.6) is 0 Å². The van der Waals surface area contributed by atoms with Crippen LogP contribution in [-0.2, 0) is 4.79 Å². The van der Waals surface area contributed by atoms with Crippen LogP contribution in [0, 0.1) is 0 Å². The van der Waals surface area contributed by atoms with Crippen molar-refractivity contribution in [1.29, 1.82) is 0 Å². The summed E-state index contributed by atoms with van der Waals surface area (Å²) in [7, 11) is 0. The van der Waals surface area contributed by atoms with Gasteiger partial charge in [-0.2, -0.15) is 0 Å². The third-order valence-corrected chi connectivity index (χ3v) is 5.78. The number of amides is 1. The number of rotatable bonds is 5. The highest BCUT2D eigenvalue weighted by atomic mass is 35.5. The van der Waals surface area contributed by atoms with Gasteiger partial charge in [0.2, 0.25) is 5.91 Å². The first kappa shape index (κ1) is 19.5. The number of hydrogen-bond donors (Lipinski definition) is 4. The molecule has 4 aromatic rings. The summed E-state index contributed by atoms with van der Waals surface area (Å²) in [4.78, 5) is 32.2. The van der Waals surface area contributed by atoms with E-state index in [1.807, 2.05) is 25.1 Å². The Morgan fingerprint density at radius 2 is 2.13 bits per heavy atom. The maximum atomic E-state index is 11.5. The summed E-state index contributed by atoms with van der Waals surface area (Å²) in [5, 5.41) is 11.4. The van der Waals surface area contributed by atoms with Crippen molar-refractivity contribution in [2.45, 2.75) is 31.8 Å². The molecule has 4 N–H and O–H groups in total. The third kappa shape index (κ3) is 3.84. The van der Waals surface area contributed by atoms with Crippen molar-refractivity contribution in [3.8, 4) is 0 Å². The SMILES string of the molecule is C[C@H](Nc1ncnc2nc[nH]c12)c1cc2cccc(Cl)c2nc1NC1CCC(=O)NC1. The minimum atomic E-state index is -0.127. The maximum Gasteiger partial charge on any atom is 0.220 e. The molecule has 1 unspecified atom stereocenters. The zero-order valence-corrected chi connectivity index (χ0v) is 17.6. The molecule has 158 valence electrons. The number of fused-ring (bicyclic) bond motifs is 2. The number of hydrogen-bond acceptors (Lipinski definition) is 7. The van der Waals surface area contributed by atoms with Crippen LogP contribution >= 0.6 is 11.6 Å². The fourth-order valence-corrected chi connectivity index (χ4v) is 4.06. The van der Waals surface area contributed by atoms with E-state index in [9.17, 15) is 4.79 Å². The molecule has 1 aliphatic rings. The minimum Gasteiger partial charge on any atom is -0.365 e. The molecule has 2 atom stereocenters. The van der Waals surface area contributed by atoms with Crippen LogP contribution in [0.2, 0.25) is 5.02 Å². The number of nitrogens with zero attached hydrogens (tertiary/aromatic N) is 4. The number of piperidine rings is 1. The summed E-state index contributed by atoms with van der Waals surface area (Å²) >= 11 is 6.41. The Hall–Kier alpha value is -3.46. The van der Waals surface area contributed by atoms with Crippen LogP contribution < -0.4 is 16.0 Å². The molecule has 1 aliphatic heterocycles. The van der Waals surface area contributed by atoms with E-state index in [4.69, 9.17) is 16.6 Å². The van der Waals surface area contributed by atoms with E-state index < -0.39 is 0 Å². The van der Waals surface area contributed by atoms with Crippen LogP contribution in [0.1, 0.15) is 31.4 Å². The van der Waals surface area contributed by atoms with Crippen molar-refractivity contribution in [2.24, 2.45) is 0 Å². The number of imidazole rings is 1. The first-order chi connectivity index (χ1) is 15.1. The molecule has 1 fully saturated rings. The van der Waals surface area contributed by atoms with Gasteiger partial charge in [-0.25, -0.2) is 19.9 Å². The van der Waals surface area contributed by atoms with Gasteiger partial charge < -0.3 is 20.9 Å². The van der Waals surface area contributed by atoms with E-state index in [-0.39, 0.29) is 18.0 Å². The third-order valence-electron chi connectivity index (χ3n) is 5.48. The average Bonchev–Trinajstić information content (AvgIpc) is 3.25. The quantitative estimate of drug-likeness (QED) is 0.378. The predicted molar refractivity (Wildman–Crippen MR) is 120 cm³/mol. The number of para-hydroxylation sites is 1. The Morgan fingerprint density at radius 1 is 1.23 bits per heavy atom. The van der Waals surface area contributed by atoms with Crippen LogP contribution in [0.3, 0.4) is 0 Å². The van der Waals surface area contributed by atoms with Crippen molar-refractivity contribution in [1.82, 2.24) is 30.2 Å². The molecule has 31 heavy (non-hydrogen) atoms. The zero-order valence-electron chi connectivity index (χ0n) is 16.8. The molecule has 3 aromatic heterocycles. The lowest BCUT2D eigenvalue weighted by atomic mass is 10.0. The number of benzene rings is 1. The van der Waals surface area contributed by atoms with Crippen molar-refractivity contribution in [3.05, 3.63) is 47.5 Å². The van der Waals surface area contributed by atoms with Gasteiger partial charge in [-0.05, 0) is 25.5 Å². The molecule has 1 saturated heterocycles. The Kier molecular flexibility index (Phi) is 5.03. The van der Waals surface area contributed by atoms with E-state index in [1.165, 1.54) is 6.33 Å². The average molecular weight is 437 g/mol. The molecule has 0 spiro atoms. The Morgan fingerprint density at radius 3 is 2.97 bits per heavy atom. The molecule has 9 nitrogen and oxygen atoms in total. The van der Waals surface area contributed by atoms with Crippen LogP contribution in [0.15, 0.2) is 36.9 Å². The lowest BCUT2D eigenvalue weighted by Crippen LogP contribution is -2.42. The summed E-state index contributed by atoms with van der Waals surface area (Å²) in [6, 6.07) is 7.79. The fraction of sp³-hybridized carbons (Fsp3) is 0.286. The number of aromatic amines is 1. The normalized spacial score (nSPS) is 17.5. The Bertz CT molecular complexity index is 1260.